The lowest BCUT2D eigenvalue weighted by atomic mass is 10.1. The zero-order chi connectivity index (χ0) is 13.4. The molecule has 1 saturated heterocycles. The van der Waals surface area contributed by atoms with Crippen LogP contribution in [0.4, 0.5) is 10.1 Å². The summed E-state index contributed by atoms with van der Waals surface area (Å²) in [6.45, 7) is 3.44. The highest BCUT2D eigenvalue weighted by molar-refractivity contribution is 5.82. The van der Waals surface area contributed by atoms with Crippen LogP contribution >= 0.6 is 0 Å². The van der Waals surface area contributed by atoms with Crippen molar-refractivity contribution in [1.82, 2.24) is 9.88 Å². The van der Waals surface area contributed by atoms with Crippen LogP contribution in [-0.2, 0) is 0 Å². The predicted molar refractivity (Wildman–Crippen MR) is 74.2 cm³/mol. The molecule has 0 spiro atoms. The van der Waals surface area contributed by atoms with Crippen LogP contribution in [0.5, 0.6) is 0 Å². The fourth-order valence-electron chi connectivity index (χ4n) is 2.45. The molecule has 0 unspecified atom stereocenters. The number of likely N-dealkylation sites (N-methyl/N-ethyl adjacent to an activating group) is 1. The number of halogens is 1. The summed E-state index contributed by atoms with van der Waals surface area (Å²) in [7, 11) is 2.06. The molecule has 1 N–H and O–H groups in total. The van der Waals surface area contributed by atoms with Gasteiger partial charge >= 0.3 is 0 Å². The number of nitrogens with one attached hydrogen (secondary N) is 1. The number of rotatable bonds is 1. The van der Waals surface area contributed by atoms with Crippen molar-refractivity contribution in [3.05, 3.63) is 40.4 Å². The number of fused-ring (bicyclic) bond motifs is 1. The Morgan fingerprint density at radius 3 is 2.63 bits per heavy atom. The maximum atomic E-state index is 14.2. The fraction of sp³-hybridized carbons (Fsp3) is 0.357. The molecular weight excluding hydrogens is 245 g/mol. The number of benzene rings is 1. The summed E-state index contributed by atoms with van der Waals surface area (Å²) in [5, 5.41) is 0.718. The quantitative estimate of drug-likeness (QED) is 0.844. The van der Waals surface area contributed by atoms with E-state index in [1.165, 1.54) is 12.1 Å². The van der Waals surface area contributed by atoms with Crippen molar-refractivity contribution in [2.75, 3.05) is 38.1 Å². The van der Waals surface area contributed by atoms with Crippen LogP contribution in [0, 0.1) is 5.82 Å². The highest BCUT2D eigenvalue weighted by Gasteiger charge is 2.17. The molecule has 1 aliphatic heterocycles. The topological polar surface area (TPSA) is 39.3 Å². The molecule has 0 aliphatic carbocycles. The standard InChI is InChI=1S/C14H16FN3O/c1-17-4-6-18(7-5-17)13-9-12-10(8-11(13)15)2-3-14(19)16-12/h2-3,8-9H,4-7H2,1H3,(H,16,19). The van der Waals surface area contributed by atoms with Gasteiger partial charge in [-0.25, -0.2) is 4.39 Å². The van der Waals surface area contributed by atoms with Crippen LogP contribution in [0.3, 0.4) is 0 Å². The molecule has 0 saturated carbocycles. The Kier molecular flexibility index (Phi) is 2.98. The highest BCUT2D eigenvalue weighted by Crippen LogP contribution is 2.25. The van der Waals surface area contributed by atoms with Crippen molar-refractivity contribution < 1.29 is 4.39 Å². The van der Waals surface area contributed by atoms with Gasteiger partial charge in [0.25, 0.3) is 0 Å². The van der Waals surface area contributed by atoms with E-state index in [9.17, 15) is 9.18 Å². The van der Waals surface area contributed by atoms with Crippen LogP contribution in [0.2, 0.25) is 0 Å². The largest absolute Gasteiger partial charge is 0.367 e. The second kappa shape index (κ2) is 4.66. The van der Waals surface area contributed by atoms with Gasteiger partial charge in [-0.3, -0.25) is 4.79 Å². The Morgan fingerprint density at radius 1 is 1.16 bits per heavy atom. The van der Waals surface area contributed by atoms with Crippen LogP contribution in [0.1, 0.15) is 0 Å². The van der Waals surface area contributed by atoms with Crippen LogP contribution in [0.25, 0.3) is 10.9 Å². The van der Waals surface area contributed by atoms with Gasteiger partial charge in [-0.1, -0.05) is 0 Å². The van der Waals surface area contributed by atoms with Gasteiger partial charge < -0.3 is 14.8 Å². The van der Waals surface area contributed by atoms with Gasteiger partial charge in [-0.15, -0.1) is 0 Å². The number of piperazine rings is 1. The van der Waals surface area contributed by atoms with E-state index in [0.29, 0.717) is 11.2 Å². The fourth-order valence-corrected chi connectivity index (χ4v) is 2.45. The Morgan fingerprint density at radius 2 is 1.89 bits per heavy atom. The molecule has 4 nitrogen and oxygen atoms in total. The van der Waals surface area contributed by atoms with Gasteiger partial charge in [0, 0.05) is 37.6 Å². The van der Waals surface area contributed by atoms with Gasteiger partial charge in [-0.05, 0) is 25.2 Å². The first-order valence-electron chi connectivity index (χ1n) is 6.39. The third-order valence-corrected chi connectivity index (χ3v) is 3.64. The Bertz CT molecular complexity index is 659. The number of anilines is 1. The van der Waals surface area contributed by atoms with Gasteiger partial charge in [0.1, 0.15) is 5.82 Å². The number of hydrogen-bond donors (Lipinski definition) is 1. The monoisotopic (exact) mass is 261 g/mol. The lowest BCUT2D eigenvalue weighted by Crippen LogP contribution is -2.44. The van der Waals surface area contributed by atoms with Crippen LogP contribution in [0.15, 0.2) is 29.1 Å². The SMILES string of the molecule is CN1CCN(c2cc3[nH]c(=O)ccc3cc2F)CC1. The second-order valence-corrected chi connectivity index (χ2v) is 5.00. The zero-order valence-corrected chi connectivity index (χ0v) is 10.8. The first kappa shape index (κ1) is 12.2. The molecule has 0 atom stereocenters. The first-order chi connectivity index (χ1) is 9.13. The van der Waals surface area contributed by atoms with Crippen molar-refractivity contribution in [2.45, 2.75) is 0 Å². The van der Waals surface area contributed by atoms with Gasteiger partial charge in [0.15, 0.2) is 0 Å². The van der Waals surface area contributed by atoms with Gasteiger partial charge in [0.2, 0.25) is 5.56 Å². The average Bonchev–Trinajstić information content (AvgIpc) is 2.40. The maximum Gasteiger partial charge on any atom is 0.248 e. The molecule has 1 aromatic heterocycles. The molecule has 1 aliphatic rings. The zero-order valence-electron chi connectivity index (χ0n) is 10.8. The first-order valence-corrected chi connectivity index (χ1v) is 6.39. The second-order valence-electron chi connectivity index (χ2n) is 5.00. The Labute approximate surface area is 110 Å². The summed E-state index contributed by atoms with van der Waals surface area (Å²) >= 11 is 0. The lowest BCUT2D eigenvalue weighted by molar-refractivity contribution is 0.312. The molecule has 3 rings (SSSR count). The molecule has 19 heavy (non-hydrogen) atoms. The summed E-state index contributed by atoms with van der Waals surface area (Å²) in [6, 6.07) is 6.28. The van der Waals surface area contributed by atoms with E-state index in [1.807, 2.05) is 4.90 Å². The molecule has 0 radical (unpaired) electrons. The minimum Gasteiger partial charge on any atom is -0.367 e. The van der Waals surface area contributed by atoms with Crippen LogP contribution < -0.4 is 10.5 Å². The van der Waals surface area contributed by atoms with E-state index in [1.54, 1.807) is 12.1 Å². The minimum atomic E-state index is -0.232. The summed E-state index contributed by atoms with van der Waals surface area (Å²) in [5.41, 5.74) is 1.09. The molecule has 0 bridgehead atoms. The van der Waals surface area contributed by atoms with E-state index in [0.717, 1.165) is 31.6 Å². The predicted octanol–water partition coefficient (Wildman–Crippen LogP) is 1.42. The number of hydrogen-bond acceptors (Lipinski definition) is 3. The van der Waals surface area contributed by atoms with Crippen molar-refractivity contribution in [1.29, 1.82) is 0 Å². The number of aromatic nitrogens is 1. The van der Waals surface area contributed by atoms with E-state index in [-0.39, 0.29) is 11.4 Å². The summed E-state index contributed by atoms with van der Waals surface area (Å²) in [6.07, 6.45) is 0. The van der Waals surface area contributed by atoms with Crippen molar-refractivity contribution in [2.24, 2.45) is 0 Å². The number of aromatic amines is 1. The minimum absolute atomic E-state index is 0.163. The van der Waals surface area contributed by atoms with E-state index < -0.39 is 0 Å². The third-order valence-electron chi connectivity index (χ3n) is 3.64. The Balaban J connectivity index is 2.03. The molecular formula is C14H16FN3O. The van der Waals surface area contributed by atoms with Crippen LogP contribution in [-0.4, -0.2) is 43.1 Å². The summed E-state index contributed by atoms with van der Waals surface area (Å²) in [4.78, 5) is 18.3. The third kappa shape index (κ3) is 2.33. The van der Waals surface area contributed by atoms with E-state index >= 15 is 0 Å². The highest BCUT2D eigenvalue weighted by atomic mass is 19.1. The summed E-state index contributed by atoms with van der Waals surface area (Å²) < 4.78 is 14.2. The molecule has 2 heterocycles. The maximum absolute atomic E-state index is 14.2. The average molecular weight is 261 g/mol. The van der Waals surface area contributed by atoms with Crippen molar-refractivity contribution >= 4 is 16.6 Å². The Hall–Kier alpha value is -1.88. The number of nitrogens with zero attached hydrogens (tertiary/aromatic N) is 2. The van der Waals surface area contributed by atoms with Gasteiger partial charge in [0.05, 0.1) is 11.2 Å². The molecule has 100 valence electrons. The molecule has 1 aromatic carbocycles. The molecule has 1 fully saturated rings. The normalized spacial score (nSPS) is 17.1. The number of pyridine rings is 1. The molecule has 2 aromatic rings. The molecule has 5 heteroatoms. The van der Waals surface area contributed by atoms with Gasteiger partial charge in [-0.2, -0.15) is 0 Å². The molecule has 0 amide bonds. The number of H-pyrrole nitrogens is 1. The smallest absolute Gasteiger partial charge is 0.248 e. The van der Waals surface area contributed by atoms with E-state index in [2.05, 4.69) is 16.9 Å². The van der Waals surface area contributed by atoms with Crippen molar-refractivity contribution in [3.63, 3.8) is 0 Å². The lowest BCUT2D eigenvalue weighted by Gasteiger charge is -2.34. The van der Waals surface area contributed by atoms with E-state index in [4.69, 9.17) is 0 Å². The van der Waals surface area contributed by atoms with Crippen molar-refractivity contribution in [3.8, 4) is 0 Å². The summed E-state index contributed by atoms with van der Waals surface area (Å²) in [5.74, 6) is -0.232.